The number of benzene rings is 1. The van der Waals surface area contributed by atoms with Crippen LogP contribution >= 0.6 is 63.2 Å². The molecule has 0 atom stereocenters. The number of hydrogen-bond donors (Lipinski definition) is 0. The maximum absolute atomic E-state index is 11.3. The predicted molar refractivity (Wildman–Crippen MR) is 99.2 cm³/mol. The molecule has 105 valence electrons. The van der Waals surface area contributed by atoms with Gasteiger partial charge in [0.25, 0.3) is 0 Å². The number of carbonyl (C=O) groups excluding carboxylic acids is 1. The van der Waals surface area contributed by atoms with Gasteiger partial charge in [0, 0.05) is 0 Å². The molecule has 0 amide bonds. The molecule has 0 aliphatic heterocycles. The summed E-state index contributed by atoms with van der Waals surface area (Å²) in [6.07, 6.45) is 3.02. The topological polar surface area (TPSA) is 29.4 Å². The van der Waals surface area contributed by atoms with Crippen LogP contribution in [0.3, 0.4) is 0 Å². The third kappa shape index (κ3) is 6.19. The minimum atomic E-state index is -0.365. The van der Waals surface area contributed by atoms with Gasteiger partial charge in [-0.2, -0.15) is 0 Å². The van der Waals surface area contributed by atoms with Crippen LogP contribution < -0.4 is 0 Å². The molecule has 1 aromatic rings. The van der Waals surface area contributed by atoms with Crippen LogP contribution in [0, 0.1) is 6.92 Å². The van der Waals surface area contributed by atoms with Gasteiger partial charge in [0.15, 0.2) is 0 Å². The first-order valence-electron chi connectivity index (χ1n) is 5.34. The van der Waals surface area contributed by atoms with E-state index >= 15 is 0 Å². The van der Waals surface area contributed by atoms with E-state index in [1.54, 1.807) is 0 Å². The molecule has 2 rings (SSSR count). The molecule has 1 aromatic carbocycles. The minimum absolute atomic E-state index is 0.0864. The first-order chi connectivity index (χ1) is 9.47. The van der Waals surface area contributed by atoms with Crippen molar-refractivity contribution >= 4 is 80.3 Å². The SMILES string of the molecule is Cc1ccc(N=C2C=C(Cl)C(=O)C(Cl)=C2)cc1.[I][V][I]. The van der Waals surface area contributed by atoms with E-state index < -0.39 is 0 Å². The van der Waals surface area contributed by atoms with E-state index in [0.29, 0.717) is 15.2 Å². The average Bonchev–Trinajstić information content (AvgIpc) is 2.39. The van der Waals surface area contributed by atoms with Crippen LogP contribution in [0.5, 0.6) is 0 Å². The molecule has 20 heavy (non-hydrogen) atoms. The van der Waals surface area contributed by atoms with E-state index in [4.69, 9.17) is 23.2 Å². The van der Waals surface area contributed by atoms with Crippen molar-refractivity contribution in [2.24, 2.45) is 4.99 Å². The molecule has 1 aliphatic carbocycles. The zero-order chi connectivity index (χ0) is 15.1. The van der Waals surface area contributed by atoms with Crippen molar-refractivity contribution in [3.8, 4) is 0 Å². The number of aliphatic imine (C=N–C) groups is 1. The first-order valence-corrected chi connectivity index (χ1v) is 15.1. The van der Waals surface area contributed by atoms with Gasteiger partial charge in [0.1, 0.15) is 0 Å². The Kier molecular flexibility index (Phi) is 9.01. The number of hydrogen-bond acceptors (Lipinski definition) is 2. The Balaban J connectivity index is 0.000000612. The van der Waals surface area contributed by atoms with Crippen LogP contribution in [0.4, 0.5) is 5.69 Å². The summed E-state index contributed by atoms with van der Waals surface area (Å²) in [5.41, 5.74) is 2.53. The molecule has 0 heterocycles. The van der Waals surface area contributed by atoms with Crippen molar-refractivity contribution in [2.75, 3.05) is 0 Å². The molecule has 0 bridgehead atoms. The molecule has 0 unspecified atom stereocenters. The van der Waals surface area contributed by atoms with Gasteiger partial charge in [-0.1, -0.05) is 40.9 Å². The molecule has 0 fully saturated rings. The Morgan fingerprint density at radius 1 is 1.05 bits per heavy atom. The first kappa shape index (κ1) is 18.7. The van der Waals surface area contributed by atoms with E-state index in [-0.39, 0.29) is 15.8 Å². The van der Waals surface area contributed by atoms with Crippen LogP contribution in [0.2, 0.25) is 0 Å². The summed E-state index contributed by atoms with van der Waals surface area (Å²) in [5.74, 6) is -0.365. The second kappa shape index (κ2) is 9.63. The van der Waals surface area contributed by atoms with Gasteiger partial charge >= 0.3 is 49.4 Å². The van der Waals surface area contributed by atoms with Crippen molar-refractivity contribution in [2.45, 2.75) is 6.92 Å². The fourth-order valence-corrected chi connectivity index (χ4v) is 1.85. The number of carbonyl (C=O) groups is 1. The number of ketones is 1. The van der Waals surface area contributed by atoms with Gasteiger partial charge < -0.3 is 0 Å². The maximum atomic E-state index is 11.3. The monoisotopic (exact) mass is 570 g/mol. The molecular weight excluding hydrogens is 562 g/mol. The number of halogens is 4. The molecule has 0 radical (unpaired) electrons. The van der Waals surface area contributed by atoms with Gasteiger partial charge in [0.2, 0.25) is 5.78 Å². The second-order valence-corrected chi connectivity index (χ2v) is 16.4. The third-order valence-electron chi connectivity index (χ3n) is 2.28. The summed E-state index contributed by atoms with van der Waals surface area (Å²) in [7, 11) is 0.628. The molecule has 0 N–H and O–H groups in total. The van der Waals surface area contributed by atoms with E-state index in [0.717, 1.165) is 11.3 Å². The zero-order valence-electron chi connectivity index (χ0n) is 10.3. The Bertz CT molecular complexity index is 559. The Morgan fingerprint density at radius 3 is 1.95 bits per heavy atom. The van der Waals surface area contributed by atoms with Crippen LogP contribution in [-0.2, 0) is 14.3 Å². The Hall–Kier alpha value is 0.664. The van der Waals surface area contributed by atoms with E-state index in [1.165, 1.54) is 12.2 Å². The normalized spacial score (nSPS) is 13.8. The second-order valence-electron chi connectivity index (χ2n) is 3.75. The number of nitrogens with zero attached hydrogens (tertiary/aromatic N) is 1. The zero-order valence-corrected chi connectivity index (χ0v) is 17.5. The van der Waals surface area contributed by atoms with E-state index in [1.807, 2.05) is 31.2 Å². The summed E-state index contributed by atoms with van der Waals surface area (Å²) in [4.78, 5) is 15.6. The van der Waals surface area contributed by atoms with Gasteiger partial charge in [0.05, 0.1) is 21.5 Å². The van der Waals surface area contributed by atoms with Crippen LogP contribution in [0.1, 0.15) is 5.56 Å². The number of rotatable bonds is 1. The Morgan fingerprint density at radius 2 is 1.50 bits per heavy atom. The molecule has 7 heteroatoms. The number of aryl methyl sites for hydroxylation is 1. The van der Waals surface area contributed by atoms with Crippen molar-refractivity contribution < 1.29 is 14.3 Å². The molecule has 0 spiro atoms. The molecule has 0 aromatic heterocycles. The van der Waals surface area contributed by atoms with Crippen molar-refractivity contribution in [1.29, 1.82) is 0 Å². The average molecular weight is 571 g/mol. The van der Waals surface area contributed by atoms with Crippen LogP contribution in [-0.4, -0.2) is 11.5 Å². The number of Topliss-reactive ketones (excluding diaryl/α,β-unsaturated/α-hetero) is 1. The molecule has 0 saturated carbocycles. The van der Waals surface area contributed by atoms with Gasteiger partial charge in [-0.25, -0.2) is 4.99 Å². The predicted octanol–water partition coefficient (Wildman–Crippen LogP) is 5.66. The van der Waals surface area contributed by atoms with Crippen molar-refractivity contribution in [3.05, 3.63) is 52.0 Å². The fraction of sp³-hybridized carbons (Fsp3) is 0.0769. The summed E-state index contributed by atoms with van der Waals surface area (Å²) in [5, 5.41) is 0.173. The standard InChI is InChI=1S/C13H9Cl2NO.2HI.V/c1-8-2-4-9(5-3-8)16-10-6-11(14)13(17)12(15)7-10;;;/h2-7H,1H3;2*1H;/q;;;+2/p-2. The third-order valence-corrected chi connectivity index (χ3v) is 2.84. The Labute approximate surface area is 156 Å². The quantitative estimate of drug-likeness (QED) is 0.316. The number of allylic oxidation sites excluding steroid dienone is 4. The molecule has 1 aliphatic rings. The molecule has 0 saturated heterocycles. The van der Waals surface area contributed by atoms with Gasteiger partial charge in [-0.3, -0.25) is 4.79 Å². The van der Waals surface area contributed by atoms with Crippen LogP contribution in [0.25, 0.3) is 0 Å². The van der Waals surface area contributed by atoms with Crippen LogP contribution in [0.15, 0.2) is 51.5 Å². The summed E-state index contributed by atoms with van der Waals surface area (Å²) in [6, 6.07) is 7.71. The van der Waals surface area contributed by atoms with E-state index in [9.17, 15) is 4.79 Å². The van der Waals surface area contributed by atoms with Gasteiger partial charge in [-0.15, -0.1) is 0 Å². The summed E-state index contributed by atoms with van der Waals surface area (Å²) < 4.78 is 0. The van der Waals surface area contributed by atoms with Crippen molar-refractivity contribution in [3.63, 3.8) is 0 Å². The molecular formula is C13H9Cl2I2NOV. The fourth-order valence-electron chi connectivity index (χ4n) is 1.38. The van der Waals surface area contributed by atoms with Gasteiger partial charge in [-0.05, 0) is 31.2 Å². The molecule has 2 nitrogen and oxygen atoms in total. The van der Waals surface area contributed by atoms with E-state index in [2.05, 4.69) is 45.0 Å². The summed E-state index contributed by atoms with van der Waals surface area (Å²) >= 11 is 16.2. The summed E-state index contributed by atoms with van der Waals surface area (Å²) in [6.45, 7) is 2.00. The van der Waals surface area contributed by atoms with Crippen molar-refractivity contribution in [1.82, 2.24) is 0 Å².